The van der Waals surface area contributed by atoms with E-state index >= 15 is 0 Å². The van der Waals surface area contributed by atoms with Gasteiger partial charge in [-0.25, -0.2) is 4.39 Å². The molecule has 0 radical (unpaired) electrons. The van der Waals surface area contributed by atoms with Crippen molar-refractivity contribution in [2.45, 2.75) is 25.8 Å². The van der Waals surface area contributed by atoms with E-state index in [1.54, 1.807) is 12.1 Å². The normalized spacial score (nSPS) is 15.5. The van der Waals surface area contributed by atoms with Crippen molar-refractivity contribution in [3.8, 4) is 0 Å². The van der Waals surface area contributed by atoms with Crippen molar-refractivity contribution in [1.29, 1.82) is 0 Å². The van der Waals surface area contributed by atoms with E-state index in [4.69, 9.17) is 0 Å². The molecule has 4 heteroatoms. The van der Waals surface area contributed by atoms with Crippen LogP contribution in [0.2, 0.25) is 0 Å². The fraction of sp³-hybridized carbons (Fsp3) is 0.316. The summed E-state index contributed by atoms with van der Waals surface area (Å²) in [5, 5.41) is 3.54. The number of hydrogen-bond acceptors (Lipinski definition) is 2. The summed E-state index contributed by atoms with van der Waals surface area (Å²) < 4.78 is 12.9. The summed E-state index contributed by atoms with van der Waals surface area (Å²) in [6, 6.07) is 14.5. The first-order valence-electron chi connectivity index (χ1n) is 8.00. The molecule has 3 rings (SSSR count). The highest BCUT2D eigenvalue weighted by Gasteiger charge is 2.23. The quantitative estimate of drug-likeness (QED) is 0.933. The number of rotatable bonds is 3. The summed E-state index contributed by atoms with van der Waals surface area (Å²) in [7, 11) is 0. The standard InChI is InChI=1S/C19H21FN2O/c1-14-3-2-4-18(13-14)21-17-9-11-22(12-10-17)19(23)15-5-7-16(20)8-6-15/h2-8,13,17,21H,9-12H2,1H3. The highest BCUT2D eigenvalue weighted by molar-refractivity contribution is 5.94. The van der Waals surface area contributed by atoms with Gasteiger partial charge in [0, 0.05) is 30.4 Å². The molecule has 120 valence electrons. The lowest BCUT2D eigenvalue weighted by Gasteiger charge is -2.33. The van der Waals surface area contributed by atoms with Crippen LogP contribution in [0, 0.1) is 12.7 Å². The number of hydrogen-bond donors (Lipinski definition) is 1. The summed E-state index contributed by atoms with van der Waals surface area (Å²) in [6.45, 7) is 3.52. The van der Waals surface area contributed by atoms with Crippen LogP contribution in [0.5, 0.6) is 0 Å². The van der Waals surface area contributed by atoms with Crippen LogP contribution in [0.1, 0.15) is 28.8 Å². The Bertz CT molecular complexity index is 676. The van der Waals surface area contributed by atoms with Gasteiger partial charge in [0.15, 0.2) is 0 Å². The molecule has 1 amide bonds. The van der Waals surface area contributed by atoms with E-state index in [1.807, 2.05) is 11.0 Å². The largest absolute Gasteiger partial charge is 0.382 e. The van der Waals surface area contributed by atoms with Crippen LogP contribution in [0.3, 0.4) is 0 Å². The Morgan fingerprint density at radius 3 is 2.48 bits per heavy atom. The predicted molar refractivity (Wildman–Crippen MR) is 90.1 cm³/mol. The Morgan fingerprint density at radius 1 is 1.13 bits per heavy atom. The number of nitrogens with one attached hydrogen (secondary N) is 1. The average molecular weight is 312 g/mol. The highest BCUT2D eigenvalue weighted by Crippen LogP contribution is 2.19. The van der Waals surface area contributed by atoms with E-state index in [1.165, 1.54) is 17.7 Å². The summed E-state index contributed by atoms with van der Waals surface area (Å²) in [5.41, 5.74) is 2.92. The molecule has 1 saturated heterocycles. The number of carbonyl (C=O) groups is 1. The van der Waals surface area contributed by atoms with E-state index in [0.717, 1.165) is 31.6 Å². The summed E-state index contributed by atoms with van der Waals surface area (Å²) in [5.74, 6) is -0.332. The van der Waals surface area contributed by atoms with Crippen LogP contribution in [-0.4, -0.2) is 29.9 Å². The number of piperidine rings is 1. The molecule has 0 spiro atoms. The predicted octanol–water partition coefficient (Wildman–Crippen LogP) is 3.85. The molecule has 0 bridgehead atoms. The summed E-state index contributed by atoms with van der Waals surface area (Å²) in [4.78, 5) is 14.3. The lowest BCUT2D eigenvalue weighted by atomic mass is 10.0. The van der Waals surface area contributed by atoms with Crippen molar-refractivity contribution in [2.24, 2.45) is 0 Å². The Kier molecular flexibility index (Phi) is 4.60. The fourth-order valence-corrected chi connectivity index (χ4v) is 2.97. The van der Waals surface area contributed by atoms with E-state index < -0.39 is 0 Å². The van der Waals surface area contributed by atoms with Gasteiger partial charge in [0.25, 0.3) is 5.91 Å². The second-order valence-electron chi connectivity index (χ2n) is 6.09. The second kappa shape index (κ2) is 6.82. The lowest BCUT2D eigenvalue weighted by molar-refractivity contribution is 0.0718. The summed E-state index contributed by atoms with van der Waals surface area (Å²) >= 11 is 0. The lowest BCUT2D eigenvalue weighted by Crippen LogP contribution is -2.42. The van der Waals surface area contributed by atoms with E-state index in [2.05, 4.69) is 30.4 Å². The molecule has 1 heterocycles. The van der Waals surface area contributed by atoms with E-state index in [-0.39, 0.29) is 11.7 Å². The number of amides is 1. The van der Waals surface area contributed by atoms with Crippen LogP contribution >= 0.6 is 0 Å². The van der Waals surface area contributed by atoms with Gasteiger partial charge < -0.3 is 10.2 Å². The van der Waals surface area contributed by atoms with Crippen LogP contribution in [-0.2, 0) is 0 Å². The highest BCUT2D eigenvalue weighted by atomic mass is 19.1. The van der Waals surface area contributed by atoms with Gasteiger partial charge in [0.2, 0.25) is 0 Å². The number of anilines is 1. The maximum absolute atomic E-state index is 12.9. The molecular weight excluding hydrogens is 291 g/mol. The minimum Gasteiger partial charge on any atom is -0.382 e. The first-order valence-corrected chi connectivity index (χ1v) is 8.00. The minimum absolute atomic E-state index is 0.0148. The molecule has 2 aromatic rings. The molecule has 1 N–H and O–H groups in total. The Hall–Kier alpha value is -2.36. The second-order valence-corrected chi connectivity index (χ2v) is 6.09. The number of likely N-dealkylation sites (tertiary alicyclic amines) is 1. The Labute approximate surface area is 136 Å². The summed E-state index contributed by atoms with van der Waals surface area (Å²) in [6.07, 6.45) is 1.84. The molecule has 2 aromatic carbocycles. The van der Waals surface area contributed by atoms with Gasteiger partial charge in [-0.15, -0.1) is 0 Å². The van der Waals surface area contributed by atoms with Gasteiger partial charge in [-0.1, -0.05) is 12.1 Å². The molecule has 23 heavy (non-hydrogen) atoms. The van der Waals surface area contributed by atoms with Gasteiger partial charge in [-0.05, 0) is 61.7 Å². The molecule has 0 saturated carbocycles. The van der Waals surface area contributed by atoms with Crippen molar-refractivity contribution in [3.05, 3.63) is 65.5 Å². The zero-order valence-electron chi connectivity index (χ0n) is 13.3. The first-order chi connectivity index (χ1) is 11.1. The van der Waals surface area contributed by atoms with Crippen LogP contribution in [0.4, 0.5) is 10.1 Å². The topological polar surface area (TPSA) is 32.3 Å². The average Bonchev–Trinajstić information content (AvgIpc) is 2.56. The SMILES string of the molecule is Cc1cccc(NC2CCN(C(=O)c3ccc(F)cc3)CC2)c1. The molecule has 1 aliphatic heterocycles. The van der Waals surface area contributed by atoms with Crippen LogP contribution in [0.15, 0.2) is 48.5 Å². The zero-order chi connectivity index (χ0) is 16.2. The number of benzene rings is 2. The molecule has 0 aromatic heterocycles. The van der Waals surface area contributed by atoms with Crippen molar-refractivity contribution in [1.82, 2.24) is 4.90 Å². The van der Waals surface area contributed by atoms with Gasteiger partial charge in [-0.2, -0.15) is 0 Å². The smallest absolute Gasteiger partial charge is 0.253 e. The maximum Gasteiger partial charge on any atom is 0.253 e. The van der Waals surface area contributed by atoms with Crippen molar-refractivity contribution >= 4 is 11.6 Å². The number of aryl methyl sites for hydroxylation is 1. The van der Waals surface area contributed by atoms with Crippen molar-refractivity contribution < 1.29 is 9.18 Å². The van der Waals surface area contributed by atoms with Crippen molar-refractivity contribution in [3.63, 3.8) is 0 Å². The minimum atomic E-state index is -0.317. The van der Waals surface area contributed by atoms with E-state index in [0.29, 0.717) is 11.6 Å². The Morgan fingerprint density at radius 2 is 1.83 bits per heavy atom. The third kappa shape index (κ3) is 3.89. The van der Waals surface area contributed by atoms with Crippen molar-refractivity contribution in [2.75, 3.05) is 18.4 Å². The van der Waals surface area contributed by atoms with Gasteiger partial charge in [0.1, 0.15) is 5.82 Å². The first kappa shape index (κ1) is 15.5. The van der Waals surface area contributed by atoms with Crippen LogP contribution < -0.4 is 5.32 Å². The van der Waals surface area contributed by atoms with Gasteiger partial charge in [0.05, 0.1) is 0 Å². The third-order valence-corrected chi connectivity index (χ3v) is 4.26. The molecule has 0 unspecified atom stereocenters. The van der Waals surface area contributed by atoms with Gasteiger partial charge >= 0.3 is 0 Å². The molecule has 1 fully saturated rings. The molecule has 0 aliphatic carbocycles. The number of nitrogens with zero attached hydrogens (tertiary/aromatic N) is 1. The van der Waals surface area contributed by atoms with Crippen LogP contribution in [0.25, 0.3) is 0 Å². The third-order valence-electron chi connectivity index (χ3n) is 4.26. The Balaban J connectivity index is 1.55. The molecule has 3 nitrogen and oxygen atoms in total. The zero-order valence-corrected chi connectivity index (χ0v) is 13.3. The molecular formula is C19H21FN2O. The fourth-order valence-electron chi connectivity index (χ4n) is 2.97. The monoisotopic (exact) mass is 312 g/mol. The van der Waals surface area contributed by atoms with E-state index in [9.17, 15) is 9.18 Å². The molecule has 1 aliphatic rings. The number of carbonyl (C=O) groups excluding carboxylic acids is 1. The molecule has 0 atom stereocenters. The van der Waals surface area contributed by atoms with Gasteiger partial charge in [-0.3, -0.25) is 4.79 Å². The maximum atomic E-state index is 12.9. The number of halogens is 1.